The summed E-state index contributed by atoms with van der Waals surface area (Å²) >= 11 is 0. The molecular weight excluding hydrogens is 408 g/mol. The normalized spacial score (nSPS) is 14.6. The summed E-state index contributed by atoms with van der Waals surface area (Å²) in [5, 5.41) is 5.83. The van der Waals surface area contributed by atoms with E-state index >= 15 is 0 Å². The third kappa shape index (κ3) is 6.21. The van der Waals surface area contributed by atoms with Gasteiger partial charge in [-0.3, -0.25) is 14.5 Å². The molecule has 0 unspecified atom stereocenters. The number of nitrogens with one attached hydrogen (secondary N) is 2. The Morgan fingerprint density at radius 1 is 1.00 bits per heavy atom. The van der Waals surface area contributed by atoms with Gasteiger partial charge < -0.3 is 25.0 Å². The molecule has 1 saturated heterocycles. The summed E-state index contributed by atoms with van der Waals surface area (Å²) in [7, 11) is 3.69. The van der Waals surface area contributed by atoms with E-state index in [-0.39, 0.29) is 11.8 Å². The Morgan fingerprint density at radius 3 is 2.38 bits per heavy atom. The number of carbonyl (C=O) groups excluding carboxylic acids is 2. The molecular formula is C24H32N4O4. The van der Waals surface area contributed by atoms with Gasteiger partial charge in [-0.25, -0.2) is 0 Å². The lowest BCUT2D eigenvalue weighted by Gasteiger charge is -2.32. The number of nitrogens with zero attached hydrogens (tertiary/aromatic N) is 2. The van der Waals surface area contributed by atoms with Crippen LogP contribution in [0, 0.1) is 0 Å². The molecule has 2 N–H and O–H groups in total. The number of hydrogen-bond donors (Lipinski definition) is 2. The van der Waals surface area contributed by atoms with Crippen molar-refractivity contribution in [2.75, 3.05) is 65.3 Å². The van der Waals surface area contributed by atoms with Crippen LogP contribution >= 0.6 is 0 Å². The van der Waals surface area contributed by atoms with Crippen LogP contribution in [-0.4, -0.2) is 81.6 Å². The number of ether oxygens (including phenoxy) is 2. The van der Waals surface area contributed by atoms with E-state index in [2.05, 4.69) is 27.5 Å². The first-order valence-corrected chi connectivity index (χ1v) is 10.9. The molecule has 2 aromatic carbocycles. The van der Waals surface area contributed by atoms with E-state index in [1.807, 2.05) is 6.92 Å². The van der Waals surface area contributed by atoms with Gasteiger partial charge in [0.25, 0.3) is 11.8 Å². The summed E-state index contributed by atoms with van der Waals surface area (Å²) in [4.78, 5) is 30.5. The number of likely N-dealkylation sites (N-methyl/N-ethyl adjacent to an activating group) is 1. The molecule has 1 fully saturated rings. The van der Waals surface area contributed by atoms with Crippen LogP contribution in [0.3, 0.4) is 0 Å². The Bertz CT molecular complexity index is 909. The van der Waals surface area contributed by atoms with Gasteiger partial charge in [0, 0.05) is 44.8 Å². The highest BCUT2D eigenvalue weighted by molar-refractivity contribution is 6.10. The van der Waals surface area contributed by atoms with Crippen LogP contribution in [0.5, 0.6) is 11.5 Å². The monoisotopic (exact) mass is 440 g/mol. The van der Waals surface area contributed by atoms with Gasteiger partial charge in [-0.05, 0) is 50.4 Å². The van der Waals surface area contributed by atoms with Gasteiger partial charge in [0.1, 0.15) is 17.1 Å². The molecule has 2 aromatic rings. The van der Waals surface area contributed by atoms with Crippen molar-refractivity contribution in [1.82, 2.24) is 15.1 Å². The third-order valence-electron chi connectivity index (χ3n) is 5.46. The second kappa shape index (κ2) is 11.5. The molecule has 0 aliphatic carbocycles. The highest BCUT2D eigenvalue weighted by Gasteiger charge is 2.20. The van der Waals surface area contributed by atoms with Gasteiger partial charge in [0.05, 0.1) is 19.4 Å². The molecule has 8 nitrogen and oxygen atoms in total. The van der Waals surface area contributed by atoms with Crippen molar-refractivity contribution in [3.05, 3.63) is 53.6 Å². The molecule has 0 saturated carbocycles. The fraction of sp³-hybridized carbons (Fsp3) is 0.417. The number of hydrogen-bond acceptors (Lipinski definition) is 6. The summed E-state index contributed by atoms with van der Waals surface area (Å²) in [5.41, 5.74) is 1.21. The minimum Gasteiger partial charge on any atom is -0.497 e. The second-order valence-corrected chi connectivity index (χ2v) is 7.70. The second-order valence-electron chi connectivity index (χ2n) is 7.70. The molecule has 32 heavy (non-hydrogen) atoms. The maximum absolute atomic E-state index is 13.1. The molecule has 2 amide bonds. The molecule has 1 aliphatic rings. The van der Waals surface area contributed by atoms with E-state index < -0.39 is 0 Å². The third-order valence-corrected chi connectivity index (χ3v) is 5.46. The average molecular weight is 441 g/mol. The number of carbonyl (C=O) groups is 2. The largest absolute Gasteiger partial charge is 0.497 e. The predicted octanol–water partition coefficient (Wildman–Crippen LogP) is 2.32. The van der Waals surface area contributed by atoms with Gasteiger partial charge in [0.2, 0.25) is 0 Å². The first-order valence-electron chi connectivity index (χ1n) is 10.9. The van der Waals surface area contributed by atoms with Crippen molar-refractivity contribution in [3.8, 4) is 11.5 Å². The van der Waals surface area contributed by atoms with E-state index in [1.54, 1.807) is 49.6 Å². The quantitative estimate of drug-likeness (QED) is 0.623. The van der Waals surface area contributed by atoms with Crippen molar-refractivity contribution in [2.24, 2.45) is 0 Å². The molecule has 172 valence electrons. The Labute approximate surface area is 189 Å². The number of methoxy groups -OCH3 is 1. The molecule has 0 aromatic heterocycles. The van der Waals surface area contributed by atoms with Crippen LogP contribution in [0.1, 0.15) is 27.6 Å². The lowest BCUT2D eigenvalue weighted by atomic mass is 10.1. The number of rotatable bonds is 9. The van der Waals surface area contributed by atoms with Gasteiger partial charge >= 0.3 is 0 Å². The maximum Gasteiger partial charge on any atom is 0.257 e. The molecule has 8 heteroatoms. The van der Waals surface area contributed by atoms with E-state index in [4.69, 9.17) is 9.47 Å². The molecule has 0 atom stereocenters. The molecule has 0 spiro atoms. The van der Waals surface area contributed by atoms with E-state index in [0.29, 0.717) is 41.5 Å². The first-order chi connectivity index (χ1) is 15.5. The fourth-order valence-corrected chi connectivity index (χ4v) is 3.57. The fourth-order valence-electron chi connectivity index (χ4n) is 3.57. The predicted molar refractivity (Wildman–Crippen MR) is 125 cm³/mol. The minimum absolute atomic E-state index is 0.270. The number of benzene rings is 2. The molecule has 1 heterocycles. The van der Waals surface area contributed by atoms with E-state index in [9.17, 15) is 9.59 Å². The van der Waals surface area contributed by atoms with Crippen molar-refractivity contribution in [3.63, 3.8) is 0 Å². The zero-order chi connectivity index (χ0) is 22.9. The van der Waals surface area contributed by atoms with Crippen LogP contribution in [0.4, 0.5) is 5.69 Å². The Balaban J connectivity index is 1.70. The molecule has 0 bridgehead atoms. The van der Waals surface area contributed by atoms with Crippen LogP contribution in [-0.2, 0) is 0 Å². The topological polar surface area (TPSA) is 83.1 Å². The Morgan fingerprint density at radius 2 is 1.72 bits per heavy atom. The Kier molecular flexibility index (Phi) is 8.47. The van der Waals surface area contributed by atoms with Crippen LogP contribution < -0.4 is 20.1 Å². The van der Waals surface area contributed by atoms with Crippen LogP contribution in [0.2, 0.25) is 0 Å². The first kappa shape index (κ1) is 23.6. The lowest BCUT2D eigenvalue weighted by Crippen LogP contribution is -2.47. The zero-order valence-electron chi connectivity index (χ0n) is 19.0. The number of piperazine rings is 1. The van der Waals surface area contributed by atoms with Gasteiger partial charge in [0.15, 0.2) is 0 Å². The summed E-state index contributed by atoms with van der Waals surface area (Å²) in [6.45, 7) is 7.62. The lowest BCUT2D eigenvalue weighted by molar-refractivity contribution is 0.0938. The minimum atomic E-state index is -0.312. The molecule has 1 aliphatic heterocycles. The number of anilines is 1. The summed E-state index contributed by atoms with van der Waals surface area (Å²) in [6, 6.07) is 12.0. The van der Waals surface area contributed by atoms with Crippen molar-refractivity contribution >= 4 is 17.5 Å². The van der Waals surface area contributed by atoms with Gasteiger partial charge in [-0.15, -0.1) is 0 Å². The summed E-state index contributed by atoms with van der Waals surface area (Å²) < 4.78 is 10.8. The zero-order valence-corrected chi connectivity index (χ0v) is 19.0. The smallest absolute Gasteiger partial charge is 0.257 e. The maximum atomic E-state index is 13.1. The SMILES string of the molecule is CCOc1cccc(NC(=O)c2ccc(OC)cc2)c1C(=O)NCCN1CCN(C)CC1. The standard InChI is InChI=1S/C24H32N4O4/c1-4-32-21-7-5-6-20(26-23(29)18-8-10-19(31-3)11-9-18)22(21)24(30)25-12-13-28-16-14-27(2)15-17-28/h5-11H,4,12-17H2,1-3H3,(H,25,30)(H,26,29). The van der Waals surface area contributed by atoms with Crippen LogP contribution in [0.15, 0.2) is 42.5 Å². The highest BCUT2D eigenvalue weighted by Crippen LogP contribution is 2.27. The van der Waals surface area contributed by atoms with E-state index in [1.165, 1.54) is 0 Å². The Hall–Kier alpha value is -3.10. The van der Waals surface area contributed by atoms with Crippen molar-refractivity contribution in [2.45, 2.75) is 6.92 Å². The molecule has 0 radical (unpaired) electrons. The van der Waals surface area contributed by atoms with Crippen LogP contribution in [0.25, 0.3) is 0 Å². The summed E-state index contributed by atoms with van der Waals surface area (Å²) in [5.74, 6) is 0.526. The summed E-state index contributed by atoms with van der Waals surface area (Å²) in [6.07, 6.45) is 0. The highest BCUT2D eigenvalue weighted by atomic mass is 16.5. The van der Waals surface area contributed by atoms with Gasteiger partial charge in [-0.1, -0.05) is 6.07 Å². The van der Waals surface area contributed by atoms with Gasteiger partial charge in [-0.2, -0.15) is 0 Å². The number of amides is 2. The van der Waals surface area contributed by atoms with E-state index in [0.717, 1.165) is 32.7 Å². The average Bonchev–Trinajstić information content (AvgIpc) is 2.80. The van der Waals surface area contributed by atoms with Crippen molar-refractivity contribution < 1.29 is 19.1 Å². The molecule has 3 rings (SSSR count). The van der Waals surface area contributed by atoms with Crippen molar-refractivity contribution in [1.29, 1.82) is 0 Å².